The minimum absolute atomic E-state index is 0.139. The molecule has 3 nitrogen and oxygen atoms in total. The molecular weight excluding hydrogens is 128 g/mol. The van der Waals surface area contributed by atoms with Gasteiger partial charge >= 0.3 is 0 Å². The van der Waals surface area contributed by atoms with Crippen molar-refractivity contribution in [1.29, 1.82) is 0 Å². The molecule has 0 heterocycles. The molecule has 0 aliphatic carbocycles. The summed E-state index contributed by atoms with van der Waals surface area (Å²) in [4.78, 5) is 0. The van der Waals surface area contributed by atoms with Crippen LogP contribution in [0.4, 0.5) is 0 Å². The number of oxime groups is 1. The van der Waals surface area contributed by atoms with Crippen molar-refractivity contribution in [3.63, 3.8) is 0 Å². The molecular formula is C7H12N2O. The van der Waals surface area contributed by atoms with Crippen LogP contribution in [-0.2, 0) is 0 Å². The summed E-state index contributed by atoms with van der Waals surface area (Å²) < 4.78 is 0. The molecule has 0 spiro atoms. The van der Waals surface area contributed by atoms with E-state index >= 15 is 0 Å². The standard InChI is InChI=1S/C7H12N2O/c1-3-5-6(4-2)7(8)9-10/h3-5,10H,1-2H3,(H2,8,9)/b5-3-,6-4+. The largest absolute Gasteiger partial charge is 0.409 e. The van der Waals surface area contributed by atoms with Gasteiger partial charge in [0.25, 0.3) is 0 Å². The number of hydrogen-bond acceptors (Lipinski definition) is 2. The third kappa shape index (κ3) is 2.35. The van der Waals surface area contributed by atoms with Gasteiger partial charge in [-0.15, -0.1) is 0 Å². The van der Waals surface area contributed by atoms with Crippen molar-refractivity contribution in [2.45, 2.75) is 13.8 Å². The Morgan fingerprint density at radius 1 is 1.50 bits per heavy atom. The number of amidine groups is 1. The quantitative estimate of drug-likeness (QED) is 0.199. The summed E-state index contributed by atoms with van der Waals surface area (Å²) in [5.74, 6) is 0.139. The number of rotatable bonds is 2. The summed E-state index contributed by atoms with van der Waals surface area (Å²) in [6.45, 7) is 3.70. The lowest BCUT2D eigenvalue weighted by Crippen LogP contribution is -2.13. The van der Waals surface area contributed by atoms with E-state index in [0.717, 1.165) is 5.57 Å². The van der Waals surface area contributed by atoms with Gasteiger partial charge in [0.1, 0.15) is 0 Å². The lowest BCUT2D eigenvalue weighted by Gasteiger charge is -1.95. The molecule has 3 heteroatoms. The van der Waals surface area contributed by atoms with E-state index in [1.54, 1.807) is 12.2 Å². The monoisotopic (exact) mass is 140 g/mol. The lowest BCUT2D eigenvalue weighted by molar-refractivity contribution is 0.318. The van der Waals surface area contributed by atoms with Crippen LogP contribution in [0.15, 0.2) is 29.0 Å². The van der Waals surface area contributed by atoms with Crippen molar-refractivity contribution < 1.29 is 5.21 Å². The lowest BCUT2D eigenvalue weighted by atomic mass is 10.2. The first-order chi connectivity index (χ1) is 4.76. The average molecular weight is 140 g/mol. The van der Waals surface area contributed by atoms with Gasteiger partial charge in [-0.05, 0) is 13.8 Å². The molecule has 0 bridgehead atoms. The van der Waals surface area contributed by atoms with E-state index in [0.29, 0.717) is 0 Å². The molecule has 0 unspecified atom stereocenters. The van der Waals surface area contributed by atoms with Crippen LogP contribution in [0.3, 0.4) is 0 Å². The van der Waals surface area contributed by atoms with Crippen molar-refractivity contribution in [2.24, 2.45) is 10.9 Å². The molecule has 0 aliphatic rings. The third-order valence-electron chi connectivity index (χ3n) is 1.06. The van der Waals surface area contributed by atoms with Crippen molar-refractivity contribution >= 4 is 5.84 Å². The second-order valence-corrected chi connectivity index (χ2v) is 1.73. The smallest absolute Gasteiger partial charge is 0.169 e. The van der Waals surface area contributed by atoms with Crippen molar-refractivity contribution in [3.05, 3.63) is 23.8 Å². The van der Waals surface area contributed by atoms with Crippen LogP contribution in [0, 0.1) is 0 Å². The highest BCUT2D eigenvalue weighted by Crippen LogP contribution is 1.95. The molecule has 0 aliphatic heterocycles. The van der Waals surface area contributed by atoms with Crippen LogP contribution in [0.2, 0.25) is 0 Å². The Balaban J connectivity index is 4.39. The Kier molecular flexibility index (Phi) is 4.04. The van der Waals surface area contributed by atoms with Gasteiger partial charge in [0.15, 0.2) is 5.84 Å². The third-order valence-corrected chi connectivity index (χ3v) is 1.06. The Morgan fingerprint density at radius 3 is 2.40 bits per heavy atom. The first-order valence-corrected chi connectivity index (χ1v) is 3.03. The summed E-state index contributed by atoms with van der Waals surface area (Å²) in [6.07, 6.45) is 5.37. The number of allylic oxidation sites excluding steroid dienone is 2. The van der Waals surface area contributed by atoms with Crippen molar-refractivity contribution in [1.82, 2.24) is 0 Å². The van der Waals surface area contributed by atoms with Gasteiger partial charge in [-0.2, -0.15) is 0 Å². The molecule has 0 saturated carbocycles. The second-order valence-electron chi connectivity index (χ2n) is 1.73. The first kappa shape index (κ1) is 8.75. The van der Waals surface area contributed by atoms with Crippen LogP contribution in [-0.4, -0.2) is 11.0 Å². The molecule has 0 atom stereocenters. The van der Waals surface area contributed by atoms with Crippen LogP contribution < -0.4 is 5.73 Å². The molecule has 0 rings (SSSR count). The minimum atomic E-state index is 0.139. The van der Waals surface area contributed by atoms with Crippen LogP contribution in [0.1, 0.15) is 13.8 Å². The van der Waals surface area contributed by atoms with E-state index in [9.17, 15) is 0 Å². The van der Waals surface area contributed by atoms with Gasteiger partial charge in [0.2, 0.25) is 0 Å². The van der Waals surface area contributed by atoms with E-state index in [1.807, 2.05) is 19.9 Å². The minimum Gasteiger partial charge on any atom is -0.409 e. The number of nitrogens with two attached hydrogens (primary N) is 1. The van der Waals surface area contributed by atoms with Gasteiger partial charge < -0.3 is 10.9 Å². The highest BCUT2D eigenvalue weighted by molar-refractivity contribution is 5.98. The Hall–Kier alpha value is -1.25. The summed E-state index contributed by atoms with van der Waals surface area (Å²) in [7, 11) is 0. The van der Waals surface area contributed by atoms with Crippen molar-refractivity contribution in [3.8, 4) is 0 Å². The van der Waals surface area contributed by atoms with Gasteiger partial charge in [0.05, 0.1) is 0 Å². The zero-order valence-corrected chi connectivity index (χ0v) is 6.20. The Morgan fingerprint density at radius 2 is 2.10 bits per heavy atom. The maximum Gasteiger partial charge on any atom is 0.169 e. The SMILES string of the molecule is C\C=C/C(=C\C)C(/N)=N/O. The molecule has 0 radical (unpaired) electrons. The van der Waals surface area contributed by atoms with E-state index in [1.165, 1.54) is 0 Å². The number of nitrogens with zero attached hydrogens (tertiary/aromatic N) is 1. The second kappa shape index (κ2) is 4.61. The fourth-order valence-electron chi connectivity index (χ4n) is 0.567. The van der Waals surface area contributed by atoms with Gasteiger partial charge in [-0.3, -0.25) is 0 Å². The molecule has 0 aromatic heterocycles. The molecule has 0 fully saturated rings. The Labute approximate surface area is 60.5 Å². The predicted molar refractivity (Wildman–Crippen MR) is 42.0 cm³/mol. The van der Waals surface area contributed by atoms with Gasteiger partial charge in [-0.25, -0.2) is 0 Å². The fraction of sp³-hybridized carbons (Fsp3) is 0.286. The number of hydrogen-bond donors (Lipinski definition) is 2. The zero-order chi connectivity index (χ0) is 7.98. The molecule has 0 aromatic carbocycles. The summed E-state index contributed by atoms with van der Waals surface area (Å²) >= 11 is 0. The highest BCUT2D eigenvalue weighted by Gasteiger charge is 1.94. The normalized spacial score (nSPS) is 14.6. The summed E-state index contributed by atoms with van der Waals surface area (Å²) in [6, 6.07) is 0. The van der Waals surface area contributed by atoms with E-state index in [2.05, 4.69) is 5.16 Å². The maximum absolute atomic E-state index is 8.25. The predicted octanol–water partition coefficient (Wildman–Crippen LogP) is 1.26. The Bertz CT molecular complexity index is 180. The van der Waals surface area contributed by atoms with E-state index in [-0.39, 0.29) is 5.84 Å². The zero-order valence-electron chi connectivity index (χ0n) is 6.20. The molecule has 0 aromatic rings. The highest BCUT2D eigenvalue weighted by atomic mass is 16.4. The topological polar surface area (TPSA) is 58.6 Å². The van der Waals surface area contributed by atoms with Gasteiger partial charge in [0, 0.05) is 5.57 Å². The van der Waals surface area contributed by atoms with Crippen LogP contribution in [0.5, 0.6) is 0 Å². The van der Waals surface area contributed by atoms with E-state index in [4.69, 9.17) is 10.9 Å². The fourth-order valence-corrected chi connectivity index (χ4v) is 0.567. The summed E-state index contributed by atoms with van der Waals surface area (Å²) in [5, 5.41) is 11.1. The van der Waals surface area contributed by atoms with Gasteiger partial charge in [-0.1, -0.05) is 23.4 Å². The molecule has 0 saturated heterocycles. The van der Waals surface area contributed by atoms with Crippen LogP contribution >= 0.6 is 0 Å². The van der Waals surface area contributed by atoms with Crippen molar-refractivity contribution in [2.75, 3.05) is 0 Å². The molecule has 0 amide bonds. The molecule has 3 N–H and O–H groups in total. The molecule has 56 valence electrons. The molecule has 10 heavy (non-hydrogen) atoms. The average Bonchev–Trinajstić information content (AvgIpc) is 1.99. The van der Waals surface area contributed by atoms with E-state index < -0.39 is 0 Å². The summed E-state index contributed by atoms with van der Waals surface area (Å²) in [5.41, 5.74) is 6.02. The van der Waals surface area contributed by atoms with Crippen LogP contribution in [0.25, 0.3) is 0 Å². The first-order valence-electron chi connectivity index (χ1n) is 3.03. The maximum atomic E-state index is 8.25.